The van der Waals surface area contributed by atoms with Crippen LogP contribution in [0.5, 0.6) is 0 Å². The van der Waals surface area contributed by atoms with Crippen molar-refractivity contribution in [1.82, 2.24) is 9.80 Å². The molecule has 3 heteroatoms. The molecule has 0 aromatic carbocycles. The maximum atomic E-state index is 5.79. The van der Waals surface area contributed by atoms with Gasteiger partial charge < -0.3 is 10.6 Å². The zero-order valence-electron chi connectivity index (χ0n) is 12.5. The molecule has 0 aromatic rings. The Balaban J connectivity index is 2.11. The van der Waals surface area contributed by atoms with Gasteiger partial charge in [-0.05, 0) is 59.7 Å². The van der Waals surface area contributed by atoms with E-state index in [9.17, 15) is 0 Å². The Morgan fingerprint density at radius 3 is 2.50 bits per heavy atom. The van der Waals surface area contributed by atoms with E-state index in [1.807, 2.05) is 0 Å². The van der Waals surface area contributed by atoms with Crippen LogP contribution in [0.3, 0.4) is 0 Å². The lowest BCUT2D eigenvalue weighted by Crippen LogP contribution is -2.51. The number of rotatable bonds is 3. The first kappa shape index (κ1) is 14.3. The highest BCUT2D eigenvalue weighted by molar-refractivity contribution is 4.94. The molecular formula is C15H31N3. The second kappa shape index (κ2) is 5.89. The highest BCUT2D eigenvalue weighted by atomic mass is 15.3. The maximum Gasteiger partial charge on any atom is 0.0232 e. The van der Waals surface area contributed by atoms with Gasteiger partial charge in [-0.1, -0.05) is 12.8 Å². The fraction of sp³-hybridized carbons (Fsp3) is 1.00. The second-order valence-corrected chi connectivity index (χ2v) is 6.86. The van der Waals surface area contributed by atoms with Gasteiger partial charge in [-0.25, -0.2) is 0 Å². The summed E-state index contributed by atoms with van der Waals surface area (Å²) in [6, 6.07) is 1.48. The van der Waals surface area contributed by atoms with Crippen LogP contribution in [0.4, 0.5) is 0 Å². The monoisotopic (exact) mass is 253 g/mol. The van der Waals surface area contributed by atoms with Crippen molar-refractivity contribution >= 4 is 0 Å². The molecule has 3 nitrogen and oxygen atoms in total. The predicted molar refractivity (Wildman–Crippen MR) is 77.7 cm³/mol. The van der Waals surface area contributed by atoms with E-state index >= 15 is 0 Å². The first-order chi connectivity index (χ1) is 8.54. The Morgan fingerprint density at radius 1 is 1.22 bits per heavy atom. The summed E-state index contributed by atoms with van der Waals surface area (Å²) in [7, 11) is 2.27. The van der Waals surface area contributed by atoms with Crippen LogP contribution in [0.15, 0.2) is 0 Å². The van der Waals surface area contributed by atoms with Gasteiger partial charge in [-0.2, -0.15) is 0 Å². The molecule has 2 aliphatic rings. The van der Waals surface area contributed by atoms with E-state index in [0.29, 0.717) is 11.6 Å². The van der Waals surface area contributed by atoms with Gasteiger partial charge in [0.05, 0.1) is 0 Å². The van der Waals surface area contributed by atoms with Gasteiger partial charge in [0.15, 0.2) is 0 Å². The van der Waals surface area contributed by atoms with Crippen molar-refractivity contribution in [3.05, 3.63) is 0 Å². The first-order valence-corrected chi connectivity index (χ1v) is 7.71. The van der Waals surface area contributed by atoms with Crippen molar-refractivity contribution in [2.45, 2.75) is 70.0 Å². The van der Waals surface area contributed by atoms with Crippen LogP contribution < -0.4 is 5.73 Å². The molecule has 1 heterocycles. The van der Waals surface area contributed by atoms with Gasteiger partial charge in [0.1, 0.15) is 0 Å². The van der Waals surface area contributed by atoms with Crippen molar-refractivity contribution in [3.63, 3.8) is 0 Å². The van der Waals surface area contributed by atoms with Crippen molar-refractivity contribution < 1.29 is 0 Å². The van der Waals surface area contributed by atoms with E-state index in [-0.39, 0.29) is 0 Å². The van der Waals surface area contributed by atoms with Crippen LogP contribution in [0.25, 0.3) is 0 Å². The average molecular weight is 253 g/mol. The summed E-state index contributed by atoms with van der Waals surface area (Å²) in [5.74, 6) is 0. The van der Waals surface area contributed by atoms with Gasteiger partial charge in [0.25, 0.3) is 0 Å². The lowest BCUT2D eigenvalue weighted by Gasteiger charge is -2.42. The minimum absolute atomic E-state index is 0.354. The van der Waals surface area contributed by atoms with Crippen molar-refractivity contribution in [2.75, 3.05) is 26.7 Å². The van der Waals surface area contributed by atoms with E-state index < -0.39 is 0 Å². The van der Waals surface area contributed by atoms with Crippen LogP contribution in [-0.2, 0) is 0 Å². The first-order valence-electron chi connectivity index (χ1n) is 7.71. The van der Waals surface area contributed by atoms with E-state index in [2.05, 4.69) is 30.7 Å². The average Bonchev–Trinajstić information content (AvgIpc) is 2.81. The van der Waals surface area contributed by atoms with Crippen molar-refractivity contribution in [1.29, 1.82) is 0 Å². The Kier molecular flexibility index (Phi) is 4.68. The Labute approximate surface area is 113 Å². The Bertz CT molecular complexity index is 258. The molecular weight excluding hydrogens is 222 g/mol. The third-order valence-electron chi connectivity index (χ3n) is 5.15. The highest BCUT2D eigenvalue weighted by Gasteiger charge is 2.38. The molecule has 0 bridgehead atoms. The molecule has 0 aromatic heterocycles. The molecule has 1 unspecified atom stereocenters. The molecule has 2 N–H and O–H groups in total. The molecule has 2 fully saturated rings. The van der Waals surface area contributed by atoms with Crippen LogP contribution in [0.1, 0.15) is 52.4 Å². The van der Waals surface area contributed by atoms with Gasteiger partial charge in [-0.15, -0.1) is 0 Å². The zero-order chi connectivity index (χ0) is 13.2. The second-order valence-electron chi connectivity index (χ2n) is 6.86. The quantitative estimate of drug-likeness (QED) is 0.835. The Hall–Kier alpha value is -0.120. The minimum atomic E-state index is 0.354. The topological polar surface area (TPSA) is 32.5 Å². The highest BCUT2D eigenvalue weighted by Crippen LogP contribution is 2.33. The summed E-state index contributed by atoms with van der Waals surface area (Å²) >= 11 is 0. The third kappa shape index (κ3) is 3.06. The number of hydrogen-bond acceptors (Lipinski definition) is 3. The summed E-state index contributed by atoms with van der Waals surface area (Å²) in [6.07, 6.45) is 8.07. The minimum Gasteiger partial charge on any atom is -0.330 e. The molecule has 1 saturated heterocycles. The lowest BCUT2D eigenvalue weighted by atomic mass is 9.95. The number of likely N-dealkylation sites (N-methyl/N-ethyl adjacent to an activating group) is 1. The number of hydrogen-bond donors (Lipinski definition) is 1. The summed E-state index contributed by atoms with van der Waals surface area (Å²) in [5, 5.41) is 0. The molecule has 106 valence electrons. The van der Waals surface area contributed by atoms with Crippen LogP contribution >= 0.6 is 0 Å². The molecule has 1 aliphatic carbocycles. The van der Waals surface area contributed by atoms with Gasteiger partial charge in [0.2, 0.25) is 0 Å². The fourth-order valence-corrected chi connectivity index (χ4v) is 3.75. The molecule has 0 spiro atoms. The number of nitrogens with two attached hydrogens (primary N) is 1. The van der Waals surface area contributed by atoms with Crippen LogP contribution in [0.2, 0.25) is 0 Å². The summed E-state index contributed by atoms with van der Waals surface area (Å²) in [4.78, 5) is 5.34. The van der Waals surface area contributed by atoms with Crippen LogP contribution in [0, 0.1) is 0 Å². The normalized spacial score (nSPS) is 31.7. The molecule has 18 heavy (non-hydrogen) atoms. The SMILES string of the molecule is CN1CCC(C)(C)N(C2CCCC2)CC1CCN. The summed E-state index contributed by atoms with van der Waals surface area (Å²) in [6.45, 7) is 8.11. The van der Waals surface area contributed by atoms with Crippen molar-refractivity contribution in [2.24, 2.45) is 5.73 Å². The van der Waals surface area contributed by atoms with Gasteiger partial charge in [-0.3, -0.25) is 4.90 Å². The molecule has 1 saturated carbocycles. The Morgan fingerprint density at radius 2 is 1.89 bits per heavy atom. The van der Waals surface area contributed by atoms with Gasteiger partial charge in [0, 0.05) is 24.2 Å². The molecule has 2 rings (SSSR count). The van der Waals surface area contributed by atoms with Gasteiger partial charge >= 0.3 is 0 Å². The molecule has 1 atom stereocenters. The van der Waals surface area contributed by atoms with E-state index in [4.69, 9.17) is 5.73 Å². The molecule has 1 aliphatic heterocycles. The standard InChI is InChI=1S/C15H31N3/c1-15(2)9-11-17(3)14(8-10-16)12-18(15)13-6-4-5-7-13/h13-14H,4-12,16H2,1-3H3. The van der Waals surface area contributed by atoms with E-state index in [1.165, 1.54) is 45.2 Å². The van der Waals surface area contributed by atoms with E-state index in [0.717, 1.165) is 19.0 Å². The smallest absolute Gasteiger partial charge is 0.0232 e. The van der Waals surface area contributed by atoms with Crippen molar-refractivity contribution in [3.8, 4) is 0 Å². The predicted octanol–water partition coefficient (Wildman–Crippen LogP) is 2.06. The zero-order valence-corrected chi connectivity index (χ0v) is 12.5. The molecule has 0 amide bonds. The largest absolute Gasteiger partial charge is 0.330 e. The van der Waals surface area contributed by atoms with E-state index in [1.54, 1.807) is 0 Å². The molecule has 0 radical (unpaired) electrons. The third-order valence-corrected chi connectivity index (χ3v) is 5.15. The number of nitrogens with zero attached hydrogens (tertiary/aromatic N) is 2. The maximum absolute atomic E-state index is 5.79. The lowest BCUT2D eigenvalue weighted by molar-refractivity contribution is 0.0660. The summed E-state index contributed by atoms with van der Waals surface area (Å²) < 4.78 is 0. The fourth-order valence-electron chi connectivity index (χ4n) is 3.75. The van der Waals surface area contributed by atoms with Crippen LogP contribution in [-0.4, -0.2) is 54.1 Å². The summed E-state index contributed by atoms with van der Waals surface area (Å²) in [5.41, 5.74) is 6.15.